The molecule has 2 aliphatic rings. The van der Waals surface area contributed by atoms with Crippen LogP contribution in [0.5, 0.6) is 0 Å². The average molecular weight is 481 g/mol. The number of Topliss-reactive ketones (excluding diaryl/α,β-unsaturated/α-hetero) is 2. The Morgan fingerprint density at radius 3 is 1.38 bits per heavy atom. The molecule has 34 heavy (non-hydrogen) atoms. The van der Waals surface area contributed by atoms with Crippen molar-refractivity contribution < 1.29 is 28.7 Å². The average Bonchev–Trinajstić information content (AvgIpc) is 3.31. The van der Waals surface area contributed by atoms with Crippen LogP contribution in [0.3, 0.4) is 0 Å². The fourth-order valence-corrected chi connectivity index (χ4v) is 4.50. The summed E-state index contributed by atoms with van der Waals surface area (Å²) in [6.07, 6.45) is 15.4. The molecule has 2 fully saturated rings. The number of carbonyl (C=O) groups excluding carboxylic acids is 4. The van der Waals surface area contributed by atoms with Crippen molar-refractivity contribution in [2.45, 2.75) is 92.9 Å². The first-order chi connectivity index (χ1) is 15.4. The van der Waals surface area contributed by atoms with E-state index in [1.807, 2.05) is 0 Å². The molecular weight excluding hydrogens is 432 g/mol. The van der Waals surface area contributed by atoms with Gasteiger partial charge >= 0.3 is 11.9 Å². The number of ketones is 2. The van der Waals surface area contributed by atoms with Gasteiger partial charge in [-0.3, -0.25) is 19.2 Å². The van der Waals surface area contributed by atoms with Gasteiger partial charge in [-0.25, -0.2) is 0 Å². The Morgan fingerprint density at radius 2 is 1.09 bits per heavy atom. The lowest BCUT2D eigenvalue weighted by atomic mass is 9.89. The molecule has 2 rings (SSSR count). The van der Waals surface area contributed by atoms with E-state index in [2.05, 4.69) is 47.6 Å². The van der Waals surface area contributed by atoms with Gasteiger partial charge in [-0.2, -0.15) is 0 Å². The molecule has 0 aromatic rings. The minimum Gasteiger partial charge on any atom is -0.469 e. The van der Waals surface area contributed by atoms with E-state index in [4.69, 9.17) is 0 Å². The molecule has 0 aromatic carbocycles. The zero-order valence-corrected chi connectivity index (χ0v) is 20.1. The molecule has 0 saturated heterocycles. The van der Waals surface area contributed by atoms with E-state index >= 15 is 0 Å². The fourth-order valence-electron chi connectivity index (χ4n) is 4.50. The van der Waals surface area contributed by atoms with Gasteiger partial charge < -0.3 is 9.47 Å². The lowest BCUT2D eigenvalue weighted by Crippen LogP contribution is -2.18. The fraction of sp³-hybridized carbons (Fsp3) is 0.714. The van der Waals surface area contributed by atoms with E-state index in [-0.39, 0.29) is 50.5 Å². The van der Waals surface area contributed by atoms with Gasteiger partial charge in [0.15, 0.2) is 0 Å². The summed E-state index contributed by atoms with van der Waals surface area (Å²) in [5.41, 5.74) is 0. The maximum Gasteiger partial charge on any atom is 0.305 e. The van der Waals surface area contributed by atoms with E-state index < -0.39 is 0 Å². The van der Waals surface area contributed by atoms with Gasteiger partial charge in [0.05, 0.1) is 14.2 Å². The second-order valence-corrected chi connectivity index (χ2v) is 8.53. The molecule has 0 radical (unpaired) electrons. The molecule has 2 aliphatic carbocycles. The summed E-state index contributed by atoms with van der Waals surface area (Å²) in [6.45, 7) is 4.14. The van der Waals surface area contributed by atoms with Crippen molar-refractivity contribution in [2.24, 2.45) is 23.7 Å². The van der Waals surface area contributed by atoms with Crippen LogP contribution in [0.1, 0.15) is 92.9 Å². The molecule has 0 amide bonds. The van der Waals surface area contributed by atoms with Crippen LogP contribution >= 0.6 is 0 Å². The van der Waals surface area contributed by atoms with Gasteiger partial charge in [0.25, 0.3) is 0 Å². The summed E-state index contributed by atoms with van der Waals surface area (Å²) in [5.74, 6) is 0.615. The molecule has 0 heterocycles. The zero-order valence-electron chi connectivity index (χ0n) is 20.1. The summed E-state index contributed by atoms with van der Waals surface area (Å²) in [7, 11) is 2.79. The lowest BCUT2D eigenvalue weighted by molar-refractivity contribution is -0.143. The molecule has 2 saturated carbocycles. The summed E-state index contributed by atoms with van der Waals surface area (Å²) < 4.78 is 9.31. The van der Waals surface area contributed by atoms with Crippen LogP contribution in [0.15, 0.2) is 24.3 Å². The first kappa shape index (κ1) is 33.9. The summed E-state index contributed by atoms with van der Waals surface area (Å²) in [6, 6.07) is 0. The van der Waals surface area contributed by atoms with Crippen molar-refractivity contribution in [2.75, 3.05) is 14.2 Å². The van der Waals surface area contributed by atoms with Gasteiger partial charge in [0.1, 0.15) is 11.6 Å². The minimum absolute atomic E-state index is 0. The number of hydrogen-bond donors (Lipinski definition) is 0. The third-order valence-corrected chi connectivity index (χ3v) is 6.39. The van der Waals surface area contributed by atoms with E-state index in [1.54, 1.807) is 0 Å². The Kier molecular flexibility index (Phi) is 19.1. The molecule has 196 valence electrons. The Balaban J connectivity index is 0. The van der Waals surface area contributed by atoms with Crippen molar-refractivity contribution in [1.82, 2.24) is 0 Å². The predicted octanol–water partition coefficient (Wildman–Crippen LogP) is 6.27. The van der Waals surface area contributed by atoms with Crippen LogP contribution in [-0.4, -0.2) is 37.7 Å². The minimum atomic E-state index is -0.204. The van der Waals surface area contributed by atoms with Gasteiger partial charge in [0, 0.05) is 37.5 Å². The maximum absolute atomic E-state index is 11.7. The van der Waals surface area contributed by atoms with Crippen LogP contribution in [0.25, 0.3) is 0 Å². The van der Waals surface area contributed by atoms with Gasteiger partial charge in [-0.1, -0.05) is 53.0 Å². The van der Waals surface area contributed by atoms with Crippen LogP contribution in [0.4, 0.5) is 0 Å². The SMILES string of the molecule is C.C.CC/C=C/C[C@H]1C(=O)CC[C@H]1CC(=O)OC.CC/C=C\C[C@H]1C(=O)CC[C@H]1CC(=O)OC. The van der Waals surface area contributed by atoms with E-state index in [1.165, 1.54) is 14.2 Å². The summed E-state index contributed by atoms with van der Waals surface area (Å²) >= 11 is 0. The lowest BCUT2D eigenvalue weighted by Gasteiger charge is -2.15. The number of hydrogen-bond acceptors (Lipinski definition) is 6. The Bertz CT molecular complexity index is 620. The largest absolute Gasteiger partial charge is 0.469 e. The number of ether oxygens (including phenoxy) is 2. The first-order valence-corrected chi connectivity index (χ1v) is 11.9. The van der Waals surface area contributed by atoms with E-state index in [0.717, 1.165) is 38.5 Å². The van der Waals surface area contributed by atoms with Crippen LogP contribution in [0, 0.1) is 23.7 Å². The molecule has 0 aliphatic heterocycles. The Morgan fingerprint density at radius 1 is 0.735 bits per heavy atom. The van der Waals surface area contributed by atoms with Gasteiger partial charge in [-0.05, 0) is 50.4 Å². The van der Waals surface area contributed by atoms with E-state index in [0.29, 0.717) is 37.2 Å². The molecule has 6 nitrogen and oxygen atoms in total. The number of carbonyl (C=O) groups is 4. The van der Waals surface area contributed by atoms with Crippen molar-refractivity contribution in [3.63, 3.8) is 0 Å². The standard InChI is InChI=1S/2C13H20O3.2CH4/c2*1-3-4-5-6-11-10(7-8-12(11)14)9-13(15)16-2;;/h2*4-5,10-11H,3,6-9H2,1-2H3;2*1H4/b5-4+;5-4-;;/t2*10-,11+;;/m00../s1. The zero-order chi connectivity index (χ0) is 23.9. The predicted molar refractivity (Wildman–Crippen MR) is 137 cm³/mol. The number of allylic oxidation sites excluding steroid dienone is 4. The quantitative estimate of drug-likeness (QED) is 0.270. The highest BCUT2D eigenvalue weighted by atomic mass is 16.5. The first-order valence-electron chi connectivity index (χ1n) is 11.9. The van der Waals surface area contributed by atoms with Crippen LogP contribution in [-0.2, 0) is 28.7 Å². The molecule has 0 N–H and O–H groups in total. The third kappa shape index (κ3) is 11.8. The van der Waals surface area contributed by atoms with Crippen molar-refractivity contribution in [1.29, 1.82) is 0 Å². The van der Waals surface area contributed by atoms with Gasteiger partial charge in [-0.15, -0.1) is 0 Å². The summed E-state index contributed by atoms with van der Waals surface area (Å²) in [4.78, 5) is 45.7. The van der Waals surface area contributed by atoms with Gasteiger partial charge in [0.2, 0.25) is 0 Å². The van der Waals surface area contributed by atoms with Crippen molar-refractivity contribution in [3.05, 3.63) is 24.3 Å². The topological polar surface area (TPSA) is 86.7 Å². The summed E-state index contributed by atoms with van der Waals surface area (Å²) in [5, 5.41) is 0. The van der Waals surface area contributed by atoms with Crippen molar-refractivity contribution in [3.8, 4) is 0 Å². The number of rotatable bonds is 10. The van der Waals surface area contributed by atoms with Crippen LogP contribution < -0.4 is 0 Å². The molecule has 0 unspecified atom stereocenters. The highest BCUT2D eigenvalue weighted by Gasteiger charge is 2.35. The smallest absolute Gasteiger partial charge is 0.305 e. The second-order valence-electron chi connectivity index (χ2n) is 8.53. The second kappa shape index (κ2) is 19.1. The number of esters is 2. The molecule has 6 heteroatoms. The highest BCUT2D eigenvalue weighted by Crippen LogP contribution is 2.35. The Hall–Kier alpha value is -2.24. The molecule has 0 aromatic heterocycles. The monoisotopic (exact) mass is 480 g/mol. The maximum atomic E-state index is 11.7. The third-order valence-electron chi connectivity index (χ3n) is 6.39. The molecular formula is C28H48O6. The number of methoxy groups -OCH3 is 2. The highest BCUT2D eigenvalue weighted by molar-refractivity contribution is 5.85. The Labute approximate surface area is 207 Å². The van der Waals surface area contributed by atoms with Crippen LogP contribution in [0.2, 0.25) is 0 Å². The molecule has 0 bridgehead atoms. The normalized spacial score (nSPS) is 23.8. The molecule has 4 atom stereocenters. The van der Waals surface area contributed by atoms with Crippen molar-refractivity contribution >= 4 is 23.5 Å². The molecule has 0 spiro atoms. The van der Waals surface area contributed by atoms with E-state index in [9.17, 15) is 19.2 Å².